The second kappa shape index (κ2) is 8.20. The minimum Gasteiger partial charge on any atom is -0.493 e. The molecule has 0 bridgehead atoms. The monoisotopic (exact) mass is 321 g/mol. The Balaban J connectivity index is 2.07. The van der Waals surface area contributed by atoms with Crippen molar-refractivity contribution < 1.29 is 19.4 Å². The predicted octanol–water partition coefficient (Wildman–Crippen LogP) is 3.17. The van der Waals surface area contributed by atoms with Crippen LogP contribution in [0.15, 0.2) is 18.2 Å². The fourth-order valence-corrected chi connectivity index (χ4v) is 2.87. The average molecular weight is 321 g/mol. The highest BCUT2D eigenvalue weighted by Gasteiger charge is 2.25. The smallest absolute Gasteiger partial charge is 0.307 e. The molecule has 2 rings (SSSR count). The number of benzene rings is 1. The summed E-state index contributed by atoms with van der Waals surface area (Å²) in [6.45, 7) is 6.42. The zero-order chi connectivity index (χ0) is 16.8. The summed E-state index contributed by atoms with van der Waals surface area (Å²) in [5, 5.41) is 9.20. The molecule has 1 fully saturated rings. The molecular formula is C18H27NO4. The van der Waals surface area contributed by atoms with Gasteiger partial charge in [0.2, 0.25) is 0 Å². The van der Waals surface area contributed by atoms with Gasteiger partial charge >= 0.3 is 5.97 Å². The number of carbonyl (C=O) groups is 1. The average Bonchev–Trinajstić information content (AvgIpc) is 2.55. The van der Waals surface area contributed by atoms with Gasteiger partial charge in [0, 0.05) is 13.1 Å². The third-order valence-corrected chi connectivity index (χ3v) is 4.39. The van der Waals surface area contributed by atoms with Crippen LogP contribution < -0.4 is 9.47 Å². The summed E-state index contributed by atoms with van der Waals surface area (Å²) in [4.78, 5) is 13.4. The lowest BCUT2D eigenvalue weighted by Crippen LogP contribution is -2.38. The number of methoxy groups -OCH3 is 1. The first-order chi connectivity index (χ1) is 11.0. The lowest BCUT2D eigenvalue weighted by molar-refractivity contribution is -0.143. The van der Waals surface area contributed by atoms with Crippen molar-refractivity contribution in [3.63, 3.8) is 0 Å². The Bertz CT molecular complexity index is 532. The SMILES string of the molecule is CCC(C)Oc1cc(CN2CCC[C@H](C(=O)O)C2)ccc1OC. The maximum Gasteiger partial charge on any atom is 0.307 e. The number of hydrogen-bond donors (Lipinski definition) is 1. The van der Waals surface area contributed by atoms with Gasteiger partial charge in [0.1, 0.15) is 0 Å². The molecule has 0 radical (unpaired) electrons. The van der Waals surface area contributed by atoms with Gasteiger partial charge in [-0.3, -0.25) is 9.69 Å². The number of carboxylic acids is 1. The van der Waals surface area contributed by atoms with E-state index in [0.717, 1.165) is 49.4 Å². The number of aliphatic carboxylic acids is 1. The molecule has 23 heavy (non-hydrogen) atoms. The second-order valence-corrected chi connectivity index (χ2v) is 6.23. The van der Waals surface area contributed by atoms with Crippen LogP contribution in [0.5, 0.6) is 11.5 Å². The van der Waals surface area contributed by atoms with E-state index >= 15 is 0 Å². The molecule has 1 aromatic carbocycles. The van der Waals surface area contributed by atoms with Crippen LogP contribution in [-0.2, 0) is 11.3 Å². The van der Waals surface area contributed by atoms with Gasteiger partial charge in [0.05, 0.1) is 19.1 Å². The van der Waals surface area contributed by atoms with Gasteiger partial charge in [-0.1, -0.05) is 13.0 Å². The van der Waals surface area contributed by atoms with Crippen molar-refractivity contribution in [2.24, 2.45) is 5.92 Å². The number of ether oxygens (including phenoxy) is 2. The van der Waals surface area contributed by atoms with Gasteiger partial charge in [-0.15, -0.1) is 0 Å². The van der Waals surface area contributed by atoms with Crippen LogP contribution in [0.25, 0.3) is 0 Å². The van der Waals surface area contributed by atoms with Crippen molar-refractivity contribution in [1.82, 2.24) is 4.90 Å². The van der Waals surface area contributed by atoms with E-state index in [2.05, 4.69) is 11.8 Å². The first-order valence-corrected chi connectivity index (χ1v) is 8.32. The van der Waals surface area contributed by atoms with Gasteiger partial charge in [-0.2, -0.15) is 0 Å². The molecule has 5 heteroatoms. The fraction of sp³-hybridized carbons (Fsp3) is 0.611. The topological polar surface area (TPSA) is 59.0 Å². The zero-order valence-electron chi connectivity index (χ0n) is 14.2. The molecule has 1 N–H and O–H groups in total. The van der Waals surface area contributed by atoms with E-state index in [1.54, 1.807) is 7.11 Å². The van der Waals surface area contributed by atoms with Crippen LogP contribution in [0.4, 0.5) is 0 Å². The largest absolute Gasteiger partial charge is 0.493 e. The zero-order valence-corrected chi connectivity index (χ0v) is 14.2. The molecule has 0 aliphatic carbocycles. The molecule has 1 aromatic rings. The van der Waals surface area contributed by atoms with E-state index in [0.29, 0.717) is 6.54 Å². The summed E-state index contributed by atoms with van der Waals surface area (Å²) in [5.41, 5.74) is 1.12. The highest BCUT2D eigenvalue weighted by Crippen LogP contribution is 2.30. The Hall–Kier alpha value is -1.75. The lowest BCUT2D eigenvalue weighted by atomic mass is 9.98. The van der Waals surface area contributed by atoms with Crippen molar-refractivity contribution in [1.29, 1.82) is 0 Å². The first kappa shape index (κ1) is 17.6. The van der Waals surface area contributed by atoms with Crippen molar-refractivity contribution in [3.8, 4) is 11.5 Å². The minimum atomic E-state index is -0.690. The summed E-state index contributed by atoms with van der Waals surface area (Å²) < 4.78 is 11.3. The lowest BCUT2D eigenvalue weighted by Gasteiger charge is -2.30. The van der Waals surface area contributed by atoms with Gasteiger partial charge in [-0.05, 0) is 50.4 Å². The Morgan fingerprint density at radius 1 is 1.43 bits per heavy atom. The van der Waals surface area contributed by atoms with Crippen LogP contribution in [0.3, 0.4) is 0 Å². The third-order valence-electron chi connectivity index (χ3n) is 4.39. The molecule has 5 nitrogen and oxygen atoms in total. The van der Waals surface area contributed by atoms with Crippen molar-refractivity contribution in [2.75, 3.05) is 20.2 Å². The Labute approximate surface area is 138 Å². The number of likely N-dealkylation sites (tertiary alicyclic amines) is 1. The molecule has 1 aliphatic rings. The fourth-order valence-electron chi connectivity index (χ4n) is 2.87. The van der Waals surface area contributed by atoms with E-state index in [1.165, 1.54) is 0 Å². The van der Waals surface area contributed by atoms with E-state index in [9.17, 15) is 9.90 Å². The maximum absolute atomic E-state index is 11.2. The first-order valence-electron chi connectivity index (χ1n) is 8.32. The highest BCUT2D eigenvalue weighted by molar-refractivity contribution is 5.70. The number of rotatable bonds is 7. The minimum absolute atomic E-state index is 0.130. The molecule has 1 heterocycles. The molecular weight excluding hydrogens is 294 g/mol. The number of piperidine rings is 1. The number of hydrogen-bond acceptors (Lipinski definition) is 4. The predicted molar refractivity (Wildman–Crippen MR) is 89.0 cm³/mol. The molecule has 0 saturated carbocycles. The maximum atomic E-state index is 11.2. The van der Waals surface area contributed by atoms with Gasteiger partial charge in [-0.25, -0.2) is 0 Å². The van der Waals surface area contributed by atoms with Crippen LogP contribution in [0.2, 0.25) is 0 Å². The summed E-state index contributed by atoms with van der Waals surface area (Å²) >= 11 is 0. The van der Waals surface area contributed by atoms with Crippen molar-refractivity contribution in [2.45, 2.75) is 45.8 Å². The van der Waals surface area contributed by atoms with Crippen molar-refractivity contribution >= 4 is 5.97 Å². The summed E-state index contributed by atoms with van der Waals surface area (Å²) in [7, 11) is 1.64. The van der Waals surface area contributed by atoms with Gasteiger partial charge in [0.15, 0.2) is 11.5 Å². The third kappa shape index (κ3) is 4.86. The highest BCUT2D eigenvalue weighted by atomic mass is 16.5. The molecule has 2 atom stereocenters. The molecule has 128 valence electrons. The van der Waals surface area contributed by atoms with E-state index in [1.807, 2.05) is 25.1 Å². The normalized spacial score (nSPS) is 20.0. The molecule has 1 aliphatic heterocycles. The molecule has 0 spiro atoms. The van der Waals surface area contributed by atoms with Gasteiger partial charge in [0.25, 0.3) is 0 Å². The molecule has 1 unspecified atom stereocenters. The molecule has 0 amide bonds. The van der Waals surface area contributed by atoms with E-state index in [4.69, 9.17) is 9.47 Å². The molecule has 1 saturated heterocycles. The van der Waals surface area contributed by atoms with Crippen LogP contribution in [0, 0.1) is 5.92 Å². The Morgan fingerprint density at radius 2 is 2.22 bits per heavy atom. The molecule has 0 aromatic heterocycles. The van der Waals surface area contributed by atoms with Crippen LogP contribution in [-0.4, -0.2) is 42.3 Å². The standard InChI is InChI=1S/C18H27NO4/c1-4-13(2)23-17-10-14(7-8-16(17)22-3)11-19-9-5-6-15(12-19)18(20)21/h7-8,10,13,15H,4-6,9,11-12H2,1-3H3,(H,20,21)/t13?,15-/m0/s1. The number of nitrogens with zero attached hydrogens (tertiary/aromatic N) is 1. The Kier molecular flexibility index (Phi) is 6.28. The quantitative estimate of drug-likeness (QED) is 0.836. The van der Waals surface area contributed by atoms with E-state index < -0.39 is 5.97 Å². The van der Waals surface area contributed by atoms with Gasteiger partial charge < -0.3 is 14.6 Å². The van der Waals surface area contributed by atoms with Crippen LogP contribution >= 0.6 is 0 Å². The summed E-state index contributed by atoms with van der Waals surface area (Å²) in [6.07, 6.45) is 2.77. The van der Waals surface area contributed by atoms with Crippen LogP contribution in [0.1, 0.15) is 38.7 Å². The van der Waals surface area contributed by atoms with E-state index in [-0.39, 0.29) is 12.0 Å². The Morgan fingerprint density at radius 3 is 2.87 bits per heavy atom. The summed E-state index contributed by atoms with van der Waals surface area (Å²) in [6, 6.07) is 5.95. The summed E-state index contributed by atoms with van der Waals surface area (Å²) in [5.74, 6) is 0.547. The second-order valence-electron chi connectivity index (χ2n) is 6.23. The number of carboxylic acid groups (broad SMARTS) is 1. The van der Waals surface area contributed by atoms with Crippen molar-refractivity contribution in [3.05, 3.63) is 23.8 Å².